The third-order valence-corrected chi connectivity index (χ3v) is 7.25. The molecule has 2 aromatic heterocycles. The van der Waals surface area contributed by atoms with E-state index in [1.807, 2.05) is 12.3 Å². The highest BCUT2D eigenvalue weighted by molar-refractivity contribution is 5.96. The number of anilines is 1. The summed E-state index contributed by atoms with van der Waals surface area (Å²) in [5.41, 5.74) is 4.85. The van der Waals surface area contributed by atoms with Crippen molar-refractivity contribution in [1.82, 2.24) is 14.5 Å². The fourth-order valence-electron chi connectivity index (χ4n) is 4.87. The third kappa shape index (κ3) is 4.98. The molecule has 0 atom stereocenters. The molecule has 1 aliphatic heterocycles. The number of benzene rings is 1. The molecule has 0 bridgehead atoms. The Labute approximate surface area is 198 Å². The summed E-state index contributed by atoms with van der Waals surface area (Å²) in [6, 6.07) is 10.7. The van der Waals surface area contributed by atoms with Crippen molar-refractivity contribution >= 4 is 22.5 Å². The number of likely N-dealkylation sites (tertiary alicyclic amines) is 1. The molecule has 5 heteroatoms. The number of fused-ring (bicyclic) bond motifs is 1. The fraction of sp³-hybridized carbons (Fsp3) is 0.500. The molecule has 1 saturated heterocycles. The minimum Gasteiger partial charge on any atom is -0.348 e. The maximum absolute atomic E-state index is 13.2. The summed E-state index contributed by atoms with van der Waals surface area (Å²) in [7, 11) is 2.10. The first kappa shape index (κ1) is 23.5. The predicted octanol–water partition coefficient (Wildman–Crippen LogP) is 5.94. The average Bonchev–Trinajstić information content (AvgIpc) is 3.01. The number of rotatable bonds is 4. The van der Waals surface area contributed by atoms with E-state index < -0.39 is 0 Å². The van der Waals surface area contributed by atoms with E-state index in [2.05, 4.69) is 92.6 Å². The minimum absolute atomic E-state index is 0.0783. The van der Waals surface area contributed by atoms with Gasteiger partial charge in [-0.05, 0) is 79.9 Å². The van der Waals surface area contributed by atoms with E-state index in [-0.39, 0.29) is 16.7 Å². The second kappa shape index (κ2) is 8.60. The van der Waals surface area contributed by atoms with Gasteiger partial charge in [-0.1, -0.05) is 39.8 Å². The van der Waals surface area contributed by atoms with Crippen LogP contribution < -0.4 is 5.32 Å². The van der Waals surface area contributed by atoms with Crippen LogP contribution in [0.1, 0.15) is 51.8 Å². The zero-order valence-corrected chi connectivity index (χ0v) is 21.2. The summed E-state index contributed by atoms with van der Waals surface area (Å²) < 4.78 is 2.23. The van der Waals surface area contributed by atoms with Gasteiger partial charge in [-0.15, -0.1) is 0 Å². The van der Waals surface area contributed by atoms with Gasteiger partial charge in [0, 0.05) is 42.0 Å². The number of piperidine rings is 1. The van der Waals surface area contributed by atoms with E-state index in [0.717, 1.165) is 43.2 Å². The van der Waals surface area contributed by atoms with Crippen molar-refractivity contribution in [3.05, 3.63) is 47.8 Å². The zero-order chi connectivity index (χ0) is 24.0. The van der Waals surface area contributed by atoms with E-state index in [4.69, 9.17) is 0 Å². The van der Waals surface area contributed by atoms with Gasteiger partial charge in [0.2, 0.25) is 5.91 Å². The first-order valence-corrected chi connectivity index (χ1v) is 12.0. The van der Waals surface area contributed by atoms with Crippen LogP contribution in [0.25, 0.3) is 22.0 Å². The van der Waals surface area contributed by atoms with Gasteiger partial charge < -0.3 is 14.8 Å². The summed E-state index contributed by atoms with van der Waals surface area (Å²) in [6.45, 7) is 16.2. The lowest BCUT2D eigenvalue weighted by atomic mass is 9.79. The smallest absolute Gasteiger partial charge is 0.231 e. The average molecular weight is 447 g/mol. The monoisotopic (exact) mass is 446 g/mol. The molecule has 5 nitrogen and oxygen atoms in total. The Morgan fingerprint density at radius 1 is 1.09 bits per heavy atom. The molecule has 0 unspecified atom stereocenters. The van der Waals surface area contributed by atoms with Crippen molar-refractivity contribution < 1.29 is 4.79 Å². The van der Waals surface area contributed by atoms with Crippen molar-refractivity contribution in [2.24, 2.45) is 17.9 Å². The van der Waals surface area contributed by atoms with E-state index in [0.29, 0.717) is 5.82 Å². The molecule has 33 heavy (non-hydrogen) atoms. The summed E-state index contributed by atoms with van der Waals surface area (Å²) in [6.07, 6.45) is 3.60. The van der Waals surface area contributed by atoms with Gasteiger partial charge in [-0.25, -0.2) is 4.98 Å². The second-order valence-electron chi connectivity index (χ2n) is 11.3. The Hall–Kier alpha value is -2.66. The first-order valence-electron chi connectivity index (χ1n) is 12.0. The zero-order valence-electron chi connectivity index (χ0n) is 21.2. The minimum atomic E-state index is -0.356. The molecule has 3 aromatic rings. The molecule has 176 valence electrons. The number of carbonyl (C=O) groups excluding carboxylic acids is 1. The normalized spacial score (nSPS) is 16.8. The second-order valence-corrected chi connectivity index (χ2v) is 11.3. The predicted molar refractivity (Wildman–Crippen MR) is 137 cm³/mol. The molecule has 0 saturated carbocycles. The Kier molecular flexibility index (Phi) is 6.12. The number of carbonyl (C=O) groups is 1. The van der Waals surface area contributed by atoms with Gasteiger partial charge in [-0.3, -0.25) is 4.79 Å². The lowest BCUT2D eigenvalue weighted by Gasteiger charge is -2.40. The molecule has 3 heterocycles. The molecular formula is C28H38N4O. The molecule has 1 amide bonds. The lowest BCUT2D eigenvalue weighted by molar-refractivity contribution is -0.127. The van der Waals surface area contributed by atoms with Gasteiger partial charge in [-0.2, -0.15) is 0 Å². The highest BCUT2D eigenvalue weighted by atomic mass is 16.2. The molecule has 1 N–H and O–H groups in total. The topological polar surface area (TPSA) is 50.2 Å². The summed E-state index contributed by atoms with van der Waals surface area (Å²) in [5.74, 6) is 0.705. The molecule has 0 radical (unpaired) electrons. The Morgan fingerprint density at radius 2 is 1.79 bits per heavy atom. The number of nitrogens with zero attached hydrogens (tertiary/aromatic N) is 3. The summed E-state index contributed by atoms with van der Waals surface area (Å²) >= 11 is 0. The highest BCUT2D eigenvalue weighted by Gasteiger charge is 2.37. The van der Waals surface area contributed by atoms with Crippen molar-refractivity contribution in [2.45, 2.75) is 54.4 Å². The van der Waals surface area contributed by atoms with Crippen LogP contribution in [0.2, 0.25) is 0 Å². The van der Waals surface area contributed by atoms with Gasteiger partial charge in [0.15, 0.2) is 0 Å². The molecule has 1 aliphatic rings. The van der Waals surface area contributed by atoms with E-state index >= 15 is 0 Å². The first-order chi connectivity index (χ1) is 15.4. The van der Waals surface area contributed by atoms with Gasteiger partial charge >= 0.3 is 0 Å². The summed E-state index contributed by atoms with van der Waals surface area (Å²) in [5, 5.41) is 5.27. The van der Waals surface area contributed by atoms with E-state index in [9.17, 15) is 4.79 Å². The number of hydrogen-bond acceptors (Lipinski definition) is 3. The maximum Gasteiger partial charge on any atom is 0.231 e. The summed E-state index contributed by atoms with van der Waals surface area (Å²) in [4.78, 5) is 20.2. The Morgan fingerprint density at radius 3 is 2.39 bits per heavy atom. The lowest BCUT2D eigenvalue weighted by Crippen LogP contribution is -2.46. The number of nitrogens with one attached hydrogen (secondary N) is 1. The molecule has 0 aliphatic carbocycles. The largest absolute Gasteiger partial charge is 0.348 e. The number of pyridine rings is 1. The fourth-order valence-corrected chi connectivity index (χ4v) is 4.87. The van der Waals surface area contributed by atoms with Crippen molar-refractivity contribution in [3.8, 4) is 11.3 Å². The van der Waals surface area contributed by atoms with Crippen LogP contribution in [0.5, 0.6) is 0 Å². The van der Waals surface area contributed by atoms with Gasteiger partial charge in [0.25, 0.3) is 0 Å². The highest BCUT2D eigenvalue weighted by Crippen LogP contribution is 2.34. The molecule has 1 fully saturated rings. The van der Waals surface area contributed by atoms with Crippen LogP contribution in [-0.2, 0) is 11.8 Å². The maximum atomic E-state index is 13.2. The van der Waals surface area contributed by atoms with Crippen LogP contribution in [0.3, 0.4) is 0 Å². The SMILES string of the molecule is Cc1cc(-c2ccc3cnc(NC(=O)C4(C)CCN(CC(C)(C)C)CC4)cc3c2)n(C)c1C. The third-order valence-electron chi connectivity index (χ3n) is 7.25. The standard InChI is InChI=1S/C28H38N4O/c1-19-14-24(31(7)20(19)2)21-8-9-22-17-29-25(16-23(22)15-21)30-26(33)28(6)10-12-32(13-11-28)18-27(3,4)5/h8-9,14-17H,10-13,18H2,1-7H3,(H,29,30,33). The van der Waals surface area contributed by atoms with Crippen molar-refractivity contribution in [1.29, 1.82) is 0 Å². The quantitative estimate of drug-likeness (QED) is 0.539. The molecule has 0 spiro atoms. The van der Waals surface area contributed by atoms with Crippen LogP contribution in [0.15, 0.2) is 36.5 Å². The Balaban J connectivity index is 1.50. The van der Waals surface area contributed by atoms with Crippen LogP contribution in [0, 0.1) is 24.7 Å². The van der Waals surface area contributed by atoms with Crippen LogP contribution >= 0.6 is 0 Å². The van der Waals surface area contributed by atoms with Crippen LogP contribution in [-0.4, -0.2) is 40.0 Å². The molecule has 4 rings (SSSR count). The van der Waals surface area contributed by atoms with Crippen molar-refractivity contribution in [2.75, 3.05) is 25.0 Å². The van der Waals surface area contributed by atoms with E-state index in [1.54, 1.807) is 0 Å². The van der Waals surface area contributed by atoms with Gasteiger partial charge in [0.05, 0.1) is 0 Å². The van der Waals surface area contributed by atoms with Crippen LogP contribution in [0.4, 0.5) is 5.82 Å². The number of aromatic nitrogens is 2. The Bertz CT molecular complexity index is 1180. The number of aryl methyl sites for hydroxylation is 1. The number of hydrogen-bond donors (Lipinski definition) is 1. The number of amides is 1. The van der Waals surface area contributed by atoms with Gasteiger partial charge in [0.1, 0.15) is 5.82 Å². The molecule has 1 aromatic carbocycles. The molecular weight excluding hydrogens is 408 g/mol. The van der Waals surface area contributed by atoms with E-state index in [1.165, 1.54) is 22.5 Å². The van der Waals surface area contributed by atoms with Crippen molar-refractivity contribution in [3.63, 3.8) is 0 Å².